The van der Waals surface area contributed by atoms with Gasteiger partial charge in [0.05, 0.1) is 0 Å². The summed E-state index contributed by atoms with van der Waals surface area (Å²) in [6, 6.07) is 9.34. The number of hydrogen-bond donors (Lipinski definition) is 2. The van der Waals surface area contributed by atoms with Crippen molar-refractivity contribution in [2.75, 3.05) is 6.54 Å². The van der Waals surface area contributed by atoms with Crippen molar-refractivity contribution in [3.05, 3.63) is 56.1 Å². The summed E-state index contributed by atoms with van der Waals surface area (Å²) in [4.78, 5) is 24.5. The summed E-state index contributed by atoms with van der Waals surface area (Å²) in [5, 5.41) is 2.77. The van der Waals surface area contributed by atoms with Gasteiger partial charge in [0.25, 0.3) is 0 Å². The summed E-state index contributed by atoms with van der Waals surface area (Å²) in [5.74, 6) is -0.204. The van der Waals surface area contributed by atoms with Crippen LogP contribution in [0.4, 0.5) is 0 Å². The van der Waals surface area contributed by atoms with Gasteiger partial charge in [0.15, 0.2) is 0 Å². The van der Waals surface area contributed by atoms with Crippen molar-refractivity contribution >= 4 is 17.2 Å². The fourth-order valence-corrected chi connectivity index (χ4v) is 2.84. The molecule has 5 nitrogen and oxygen atoms in total. The molecule has 0 spiro atoms. The molecule has 1 unspecified atom stereocenters. The highest BCUT2D eigenvalue weighted by atomic mass is 32.1. The zero-order valence-corrected chi connectivity index (χ0v) is 12.9. The quantitative estimate of drug-likeness (QED) is 0.875. The van der Waals surface area contributed by atoms with Gasteiger partial charge in [0.2, 0.25) is 5.91 Å². The van der Waals surface area contributed by atoms with E-state index >= 15 is 0 Å². The summed E-state index contributed by atoms with van der Waals surface area (Å²) in [7, 11) is 0. The molecule has 6 heteroatoms. The summed E-state index contributed by atoms with van der Waals surface area (Å²) in [5.41, 5.74) is 7.83. The van der Waals surface area contributed by atoms with Crippen LogP contribution in [0.25, 0.3) is 0 Å². The molecule has 1 amide bonds. The Balaban J connectivity index is 1.92. The molecule has 0 aliphatic rings. The number of nitrogens with two attached hydrogens (primary N) is 1. The lowest BCUT2D eigenvalue weighted by molar-refractivity contribution is -0.121. The first kappa shape index (κ1) is 15.5. The molecule has 0 fully saturated rings. The molecule has 0 aliphatic carbocycles. The molecule has 3 N–H and O–H groups in total. The van der Waals surface area contributed by atoms with E-state index in [1.54, 1.807) is 0 Å². The Bertz CT molecular complexity index is 676. The van der Waals surface area contributed by atoms with Crippen LogP contribution in [0.2, 0.25) is 0 Å². The zero-order valence-electron chi connectivity index (χ0n) is 12.1. The Labute approximate surface area is 127 Å². The number of amides is 1. The van der Waals surface area contributed by atoms with Crippen molar-refractivity contribution < 1.29 is 4.79 Å². The van der Waals surface area contributed by atoms with Gasteiger partial charge < -0.3 is 11.1 Å². The van der Waals surface area contributed by atoms with E-state index in [0.717, 1.165) is 27.5 Å². The molecular weight excluding hydrogens is 286 g/mol. The maximum Gasteiger partial charge on any atom is 0.308 e. The highest BCUT2D eigenvalue weighted by Gasteiger charge is 2.12. The first-order valence-corrected chi connectivity index (χ1v) is 7.54. The Morgan fingerprint density at radius 3 is 2.57 bits per heavy atom. The lowest BCUT2D eigenvalue weighted by Crippen LogP contribution is -2.35. The SMILES string of the molecule is Cc1sc(=O)n(CC(=O)NCC(N)c2ccccc2)c1C. The Morgan fingerprint density at radius 2 is 2.00 bits per heavy atom. The lowest BCUT2D eigenvalue weighted by atomic mass is 10.1. The van der Waals surface area contributed by atoms with Gasteiger partial charge in [-0.2, -0.15) is 0 Å². The highest BCUT2D eigenvalue weighted by molar-refractivity contribution is 7.09. The van der Waals surface area contributed by atoms with E-state index < -0.39 is 0 Å². The van der Waals surface area contributed by atoms with E-state index in [-0.39, 0.29) is 23.4 Å². The van der Waals surface area contributed by atoms with Crippen molar-refractivity contribution in [3.63, 3.8) is 0 Å². The molecular formula is C15H19N3O2S. The largest absolute Gasteiger partial charge is 0.353 e. The average molecular weight is 305 g/mol. The van der Waals surface area contributed by atoms with Crippen LogP contribution in [-0.4, -0.2) is 17.0 Å². The predicted octanol–water partition coefficient (Wildman–Crippen LogP) is 1.34. The Kier molecular flexibility index (Phi) is 4.93. The minimum Gasteiger partial charge on any atom is -0.353 e. The predicted molar refractivity (Wildman–Crippen MR) is 84.4 cm³/mol. The minimum absolute atomic E-state index is 0.0382. The van der Waals surface area contributed by atoms with Crippen LogP contribution in [0.15, 0.2) is 35.1 Å². The molecule has 0 saturated heterocycles. The van der Waals surface area contributed by atoms with Gasteiger partial charge in [0, 0.05) is 23.2 Å². The van der Waals surface area contributed by atoms with Gasteiger partial charge in [-0.15, -0.1) is 0 Å². The molecule has 0 aliphatic heterocycles. The molecule has 0 radical (unpaired) electrons. The van der Waals surface area contributed by atoms with Crippen LogP contribution >= 0.6 is 11.3 Å². The van der Waals surface area contributed by atoms with Crippen LogP contribution < -0.4 is 15.9 Å². The number of carbonyl (C=O) groups excluding carboxylic acids is 1. The van der Waals surface area contributed by atoms with Crippen molar-refractivity contribution in [2.24, 2.45) is 5.73 Å². The van der Waals surface area contributed by atoms with E-state index in [2.05, 4.69) is 5.32 Å². The molecule has 2 aromatic rings. The van der Waals surface area contributed by atoms with Crippen LogP contribution in [0.1, 0.15) is 22.2 Å². The number of aromatic nitrogens is 1. The van der Waals surface area contributed by atoms with Gasteiger partial charge in [-0.3, -0.25) is 14.2 Å². The summed E-state index contributed by atoms with van der Waals surface area (Å²) in [6.07, 6.45) is 0. The molecule has 21 heavy (non-hydrogen) atoms. The Hall–Kier alpha value is -1.92. The molecule has 1 atom stereocenters. The second-order valence-electron chi connectivity index (χ2n) is 4.92. The normalized spacial score (nSPS) is 12.1. The van der Waals surface area contributed by atoms with Crippen molar-refractivity contribution in [3.8, 4) is 0 Å². The number of nitrogens with zero attached hydrogens (tertiary/aromatic N) is 1. The summed E-state index contributed by atoms with van der Waals surface area (Å²) < 4.78 is 1.49. The Morgan fingerprint density at radius 1 is 1.33 bits per heavy atom. The van der Waals surface area contributed by atoms with E-state index in [4.69, 9.17) is 5.73 Å². The smallest absolute Gasteiger partial charge is 0.308 e. The monoisotopic (exact) mass is 305 g/mol. The first-order chi connectivity index (χ1) is 9.99. The molecule has 1 aromatic carbocycles. The third-order valence-corrected chi connectivity index (χ3v) is 4.42. The zero-order chi connectivity index (χ0) is 15.4. The molecule has 0 bridgehead atoms. The minimum atomic E-state index is -0.253. The van der Waals surface area contributed by atoms with Crippen LogP contribution in [0.5, 0.6) is 0 Å². The third-order valence-electron chi connectivity index (χ3n) is 3.42. The maximum atomic E-state index is 11.9. The van der Waals surface area contributed by atoms with Gasteiger partial charge in [-0.1, -0.05) is 41.7 Å². The van der Waals surface area contributed by atoms with Crippen LogP contribution in [0.3, 0.4) is 0 Å². The van der Waals surface area contributed by atoms with Crippen molar-refractivity contribution in [1.82, 2.24) is 9.88 Å². The van der Waals surface area contributed by atoms with Gasteiger partial charge in [-0.05, 0) is 19.4 Å². The third kappa shape index (κ3) is 3.80. The number of rotatable bonds is 5. The molecule has 0 saturated carbocycles. The fourth-order valence-electron chi connectivity index (χ4n) is 2.01. The second-order valence-corrected chi connectivity index (χ2v) is 6.08. The van der Waals surface area contributed by atoms with E-state index in [9.17, 15) is 9.59 Å². The number of hydrogen-bond acceptors (Lipinski definition) is 4. The number of thiazole rings is 1. The maximum absolute atomic E-state index is 11.9. The number of carbonyl (C=O) groups is 1. The topological polar surface area (TPSA) is 77.1 Å². The van der Waals surface area contributed by atoms with Gasteiger partial charge >= 0.3 is 4.87 Å². The molecule has 1 heterocycles. The number of nitrogens with one attached hydrogen (secondary N) is 1. The standard InChI is InChI=1S/C15H19N3O2S/c1-10-11(2)21-15(20)18(10)9-14(19)17-8-13(16)12-6-4-3-5-7-12/h3-7,13H,8-9,16H2,1-2H3,(H,17,19). The molecule has 2 rings (SSSR count). The first-order valence-electron chi connectivity index (χ1n) is 6.73. The number of benzene rings is 1. The second kappa shape index (κ2) is 6.69. The molecule has 112 valence electrons. The van der Waals surface area contributed by atoms with E-state index in [1.165, 1.54) is 4.57 Å². The average Bonchev–Trinajstić information content (AvgIpc) is 2.72. The van der Waals surface area contributed by atoms with Gasteiger partial charge in [0.1, 0.15) is 6.54 Å². The van der Waals surface area contributed by atoms with Gasteiger partial charge in [-0.25, -0.2) is 0 Å². The van der Waals surface area contributed by atoms with E-state index in [1.807, 2.05) is 44.2 Å². The summed E-state index contributed by atoms with van der Waals surface area (Å²) >= 11 is 1.16. The summed E-state index contributed by atoms with van der Waals surface area (Å²) in [6.45, 7) is 4.10. The van der Waals surface area contributed by atoms with Crippen LogP contribution in [0, 0.1) is 13.8 Å². The van der Waals surface area contributed by atoms with E-state index in [0.29, 0.717) is 6.54 Å². The highest BCUT2D eigenvalue weighted by Crippen LogP contribution is 2.10. The molecule has 1 aromatic heterocycles. The van der Waals surface area contributed by atoms with Crippen molar-refractivity contribution in [1.29, 1.82) is 0 Å². The fraction of sp³-hybridized carbons (Fsp3) is 0.333. The van der Waals surface area contributed by atoms with Crippen LogP contribution in [-0.2, 0) is 11.3 Å². The lowest BCUT2D eigenvalue weighted by Gasteiger charge is -2.13. The van der Waals surface area contributed by atoms with Crippen molar-refractivity contribution in [2.45, 2.75) is 26.4 Å². The number of aryl methyl sites for hydroxylation is 1.